The minimum Gasteiger partial charge on any atom is -0.465 e. The van der Waals surface area contributed by atoms with Crippen LogP contribution in [0.2, 0.25) is 0 Å². The van der Waals surface area contributed by atoms with Gasteiger partial charge in [-0.1, -0.05) is 13.8 Å². The van der Waals surface area contributed by atoms with Crippen LogP contribution in [0, 0.1) is 0 Å². The number of rotatable bonds is 2. The van der Waals surface area contributed by atoms with Crippen molar-refractivity contribution in [3.05, 3.63) is 0 Å². The number of carbonyl (C=O) groups is 2. The summed E-state index contributed by atoms with van der Waals surface area (Å²) in [5.41, 5.74) is -1.13. The van der Waals surface area contributed by atoms with Gasteiger partial charge in [0.25, 0.3) is 5.91 Å². The van der Waals surface area contributed by atoms with Crippen LogP contribution in [0.25, 0.3) is 0 Å². The van der Waals surface area contributed by atoms with E-state index in [-0.39, 0.29) is 11.5 Å². The molecule has 20 heavy (non-hydrogen) atoms. The van der Waals surface area contributed by atoms with Gasteiger partial charge in [0.2, 0.25) is 0 Å². The van der Waals surface area contributed by atoms with E-state index in [1.807, 2.05) is 20.9 Å². The van der Waals surface area contributed by atoms with Gasteiger partial charge in [-0.15, -0.1) is 0 Å². The van der Waals surface area contributed by atoms with Gasteiger partial charge in [-0.05, 0) is 25.7 Å². The SMILES string of the molecule is CCC1(CC)OC2(CCN(C(=O)O)CC2)CN(C)C1=O. The van der Waals surface area contributed by atoms with Gasteiger partial charge in [-0.25, -0.2) is 4.79 Å². The Balaban J connectivity index is 2.18. The molecule has 0 aromatic heterocycles. The van der Waals surface area contributed by atoms with Crippen molar-refractivity contribution in [2.24, 2.45) is 0 Å². The number of likely N-dealkylation sites (tertiary alicyclic amines) is 1. The fourth-order valence-electron chi connectivity index (χ4n) is 3.40. The van der Waals surface area contributed by atoms with Crippen molar-refractivity contribution in [3.8, 4) is 0 Å². The molecule has 0 aromatic rings. The highest BCUT2D eigenvalue weighted by molar-refractivity contribution is 5.86. The maximum atomic E-state index is 12.4. The molecular formula is C14H24N2O4. The summed E-state index contributed by atoms with van der Waals surface area (Å²) in [7, 11) is 1.82. The highest BCUT2D eigenvalue weighted by Crippen LogP contribution is 2.39. The zero-order valence-electron chi connectivity index (χ0n) is 12.5. The summed E-state index contributed by atoms with van der Waals surface area (Å²) >= 11 is 0. The lowest BCUT2D eigenvalue weighted by Crippen LogP contribution is -2.66. The molecule has 2 rings (SSSR count). The van der Waals surface area contributed by atoms with Crippen molar-refractivity contribution >= 4 is 12.0 Å². The van der Waals surface area contributed by atoms with Gasteiger partial charge < -0.3 is 19.6 Å². The van der Waals surface area contributed by atoms with Crippen LogP contribution in [0.3, 0.4) is 0 Å². The molecule has 2 heterocycles. The molecule has 0 bridgehead atoms. The number of nitrogens with zero attached hydrogens (tertiary/aromatic N) is 2. The maximum Gasteiger partial charge on any atom is 0.407 e. The Morgan fingerprint density at radius 1 is 1.30 bits per heavy atom. The molecule has 2 aliphatic rings. The number of likely N-dealkylation sites (N-methyl/N-ethyl adjacent to an activating group) is 1. The second-order valence-electron chi connectivity index (χ2n) is 5.92. The van der Waals surface area contributed by atoms with Crippen LogP contribution in [-0.2, 0) is 9.53 Å². The van der Waals surface area contributed by atoms with Gasteiger partial charge in [0.1, 0.15) is 5.60 Å². The Morgan fingerprint density at radius 3 is 2.30 bits per heavy atom. The number of morpholine rings is 1. The molecule has 0 aliphatic carbocycles. The molecule has 2 amide bonds. The molecule has 2 aliphatic heterocycles. The number of piperidine rings is 1. The van der Waals surface area contributed by atoms with E-state index in [2.05, 4.69) is 0 Å². The third-order valence-corrected chi connectivity index (χ3v) is 4.76. The molecule has 0 unspecified atom stereocenters. The van der Waals surface area contributed by atoms with Crippen LogP contribution in [0.1, 0.15) is 39.5 Å². The van der Waals surface area contributed by atoms with E-state index in [1.54, 1.807) is 4.90 Å². The van der Waals surface area contributed by atoms with Crippen LogP contribution in [0.15, 0.2) is 0 Å². The minimum atomic E-state index is -0.877. The number of hydrogen-bond acceptors (Lipinski definition) is 3. The first-order valence-electron chi connectivity index (χ1n) is 7.32. The van der Waals surface area contributed by atoms with Crippen LogP contribution < -0.4 is 0 Å². The first-order chi connectivity index (χ1) is 9.38. The van der Waals surface area contributed by atoms with Gasteiger partial charge in [0, 0.05) is 26.7 Å². The van der Waals surface area contributed by atoms with Gasteiger partial charge in [-0.2, -0.15) is 0 Å². The minimum absolute atomic E-state index is 0.0498. The third-order valence-electron chi connectivity index (χ3n) is 4.76. The summed E-state index contributed by atoms with van der Waals surface area (Å²) in [6.07, 6.45) is 1.73. The Labute approximate surface area is 119 Å². The van der Waals surface area contributed by atoms with E-state index in [0.717, 1.165) is 0 Å². The molecule has 0 radical (unpaired) electrons. The lowest BCUT2D eigenvalue weighted by molar-refractivity contribution is -0.223. The summed E-state index contributed by atoms with van der Waals surface area (Å²) < 4.78 is 6.30. The number of hydrogen-bond donors (Lipinski definition) is 1. The normalized spacial score (nSPS) is 25.1. The van der Waals surface area contributed by atoms with Gasteiger partial charge in [0.15, 0.2) is 0 Å². The molecule has 0 saturated carbocycles. The first-order valence-corrected chi connectivity index (χ1v) is 7.32. The van der Waals surface area contributed by atoms with Crippen LogP contribution in [0.4, 0.5) is 4.79 Å². The molecule has 1 spiro atoms. The quantitative estimate of drug-likeness (QED) is 0.835. The topological polar surface area (TPSA) is 70.1 Å². The summed E-state index contributed by atoms with van der Waals surface area (Å²) in [5.74, 6) is 0.0498. The molecule has 1 N–H and O–H groups in total. The maximum absolute atomic E-state index is 12.4. The van der Waals surface area contributed by atoms with E-state index < -0.39 is 11.7 Å². The highest BCUT2D eigenvalue weighted by atomic mass is 16.5. The summed E-state index contributed by atoms with van der Waals surface area (Å²) in [4.78, 5) is 26.6. The molecule has 114 valence electrons. The zero-order chi connectivity index (χ0) is 15.0. The van der Waals surface area contributed by atoms with E-state index in [4.69, 9.17) is 9.84 Å². The summed E-state index contributed by atoms with van der Waals surface area (Å²) in [6, 6.07) is 0. The predicted octanol–water partition coefficient (Wildman–Crippen LogP) is 1.55. The molecule has 2 saturated heterocycles. The molecule has 6 nitrogen and oxygen atoms in total. The molecule has 2 fully saturated rings. The Hall–Kier alpha value is -1.30. The summed E-state index contributed by atoms with van der Waals surface area (Å²) in [5, 5.41) is 9.03. The number of carbonyl (C=O) groups excluding carboxylic acids is 1. The summed E-state index contributed by atoms with van der Waals surface area (Å²) in [6.45, 7) is 5.45. The van der Waals surface area contributed by atoms with E-state index in [1.165, 1.54) is 4.90 Å². The van der Waals surface area contributed by atoms with Crippen molar-refractivity contribution in [2.75, 3.05) is 26.7 Å². The lowest BCUT2D eigenvalue weighted by atomic mass is 9.84. The van der Waals surface area contributed by atoms with Crippen LogP contribution in [0.5, 0.6) is 0 Å². The van der Waals surface area contributed by atoms with Gasteiger partial charge in [0.05, 0.1) is 5.60 Å². The Bertz CT molecular complexity index is 398. The monoisotopic (exact) mass is 284 g/mol. The molecule has 0 atom stereocenters. The van der Waals surface area contributed by atoms with Gasteiger partial charge in [-0.3, -0.25) is 4.79 Å². The molecule has 6 heteroatoms. The van der Waals surface area contributed by atoms with Gasteiger partial charge >= 0.3 is 6.09 Å². The fourth-order valence-corrected chi connectivity index (χ4v) is 3.40. The second kappa shape index (κ2) is 5.24. The van der Waals surface area contributed by atoms with Crippen LogP contribution in [-0.4, -0.2) is 64.8 Å². The average molecular weight is 284 g/mol. The van der Waals surface area contributed by atoms with Crippen molar-refractivity contribution in [3.63, 3.8) is 0 Å². The second-order valence-corrected chi connectivity index (χ2v) is 5.92. The van der Waals surface area contributed by atoms with Crippen molar-refractivity contribution < 1.29 is 19.4 Å². The average Bonchev–Trinajstić information content (AvgIpc) is 2.43. The molecular weight excluding hydrogens is 260 g/mol. The zero-order valence-corrected chi connectivity index (χ0v) is 12.5. The lowest BCUT2D eigenvalue weighted by Gasteiger charge is -2.52. The third kappa shape index (κ3) is 2.37. The van der Waals surface area contributed by atoms with E-state index >= 15 is 0 Å². The van der Waals surface area contributed by atoms with Crippen molar-refractivity contribution in [1.82, 2.24) is 9.80 Å². The predicted molar refractivity (Wildman–Crippen MR) is 73.6 cm³/mol. The number of ether oxygens (including phenoxy) is 1. The Morgan fingerprint density at radius 2 is 1.85 bits per heavy atom. The number of carboxylic acid groups (broad SMARTS) is 1. The highest BCUT2D eigenvalue weighted by Gasteiger charge is 2.52. The van der Waals surface area contributed by atoms with Crippen LogP contribution >= 0.6 is 0 Å². The smallest absolute Gasteiger partial charge is 0.407 e. The Kier molecular flexibility index (Phi) is 3.95. The first kappa shape index (κ1) is 15.1. The number of amides is 2. The fraction of sp³-hybridized carbons (Fsp3) is 0.857. The van der Waals surface area contributed by atoms with Crippen molar-refractivity contribution in [1.29, 1.82) is 0 Å². The largest absolute Gasteiger partial charge is 0.465 e. The van der Waals surface area contributed by atoms with E-state index in [9.17, 15) is 9.59 Å². The van der Waals surface area contributed by atoms with Crippen molar-refractivity contribution in [2.45, 2.75) is 50.7 Å². The standard InChI is InChI=1S/C14H24N2O4/c1-4-14(5-2)11(17)15(3)10-13(20-14)6-8-16(9-7-13)12(18)19/h4-10H2,1-3H3,(H,18,19). The molecule has 0 aromatic carbocycles. The van der Waals surface area contributed by atoms with E-state index in [0.29, 0.717) is 45.3 Å².